The Hall–Kier alpha value is -1.64. The molecule has 0 aliphatic rings. The molecular formula is C11H9ClN4S. The molecule has 4 nitrogen and oxygen atoms in total. The highest BCUT2D eigenvalue weighted by atomic mass is 35.5. The topological polar surface area (TPSA) is 61.6 Å². The number of rotatable bonds is 3. The molecule has 6 heteroatoms. The number of thiazole rings is 1. The zero-order chi connectivity index (χ0) is 12.3. The average Bonchev–Trinajstić information content (AvgIpc) is 2.72. The highest BCUT2D eigenvalue weighted by Crippen LogP contribution is 2.15. The molecule has 17 heavy (non-hydrogen) atoms. The Morgan fingerprint density at radius 2 is 2.29 bits per heavy atom. The number of anilines is 1. The lowest BCUT2D eigenvalue weighted by atomic mass is 10.3. The second kappa shape index (κ2) is 5.13. The summed E-state index contributed by atoms with van der Waals surface area (Å²) in [4.78, 5) is 8.40. The monoisotopic (exact) mass is 264 g/mol. The highest BCUT2D eigenvalue weighted by molar-refractivity contribution is 7.09. The van der Waals surface area contributed by atoms with Gasteiger partial charge in [0.15, 0.2) is 0 Å². The Morgan fingerprint density at radius 3 is 2.94 bits per heavy atom. The van der Waals surface area contributed by atoms with E-state index in [4.69, 9.17) is 16.9 Å². The normalized spacial score (nSPS) is 9.94. The first-order valence-corrected chi connectivity index (χ1v) is 6.15. The van der Waals surface area contributed by atoms with Crippen LogP contribution in [-0.4, -0.2) is 9.97 Å². The summed E-state index contributed by atoms with van der Waals surface area (Å²) in [5.41, 5.74) is 1.44. The van der Waals surface area contributed by atoms with Crippen LogP contribution >= 0.6 is 22.9 Å². The third kappa shape index (κ3) is 3.16. The number of aromatic nitrogens is 2. The van der Waals surface area contributed by atoms with Gasteiger partial charge < -0.3 is 5.32 Å². The number of nitriles is 1. The van der Waals surface area contributed by atoms with Gasteiger partial charge in [0.1, 0.15) is 11.0 Å². The summed E-state index contributed by atoms with van der Waals surface area (Å²) >= 11 is 7.40. The summed E-state index contributed by atoms with van der Waals surface area (Å²) in [6.45, 7) is 2.53. The molecule has 1 N–H and O–H groups in total. The van der Waals surface area contributed by atoms with Crippen molar-refractivity contribution in [2.45, 2.75) is 13.5 Å². The first-order chi connectivity index (χ1) is 8.17. The van der Waals surface area contributed by atoms with E-state index in [1.165, 1.54) is 6.07 Å². The maximum absolute atomic E-state index is 8.80. The van der Waals surface area contributed by atoms with Gasteiger partial charge in [-0.05, 0) is 19.1 Å². The van der Waals surface area contributed by atoms with Crippen molar-refractivity contribution in [2.24, 2.45) is 0 Å². The lowest BCUT2D eigenvalue weighted by Gasteiger charge is -2.04. The molecule has 0 radical (unpaired) electrons. The number of hydrogen-bond acceptors (Lipinski definition) is 5. The lowest BCUT2D eigenvalue weighted by molar-refractivity contribution is 1.04. The Labute approximate surface area is 108 Å². The molecule has 0 saturated carbocycles. The van der Waals surface area contributed by atoms with Gasteiger partial charge in [0, 0.05) is 5.38 Å². The van der Waals surface area contributed by atoms with E-state index in [9.17, 15) is 0 Å². The van der Waals surface area contributed by atoms with Crippen LogP contribution in [0.4, 0.5) is 5.82 Å². The van der Waals surface area contributed by atoms with Crippen LogP contribution in [0.2, 0.25) is 5.15 Å². The fraction of sp³-hybridized carbons (Fsp3) is 0.182. The van der Waals surface area contributed by atoms with Crippen molar-refractivity contribution < 1.29 is 0 Å². The molecule has 0 unspecified atom stereocenters. The minimum absolute atomic E-state index is 0.306. The summed E-state index contributed by atoms with van der Waals surface area (Å²) in [7, 11) is 0. The maximum Gasteiger partial charge on any atom is 0.132 e. The zero-order valence-corrected chi connectivity index (χ0v) is 10.6. The molecule has 0 spiro atoms. The van der Waals surface area contributed by atoms with Gasteiger partial charge in [0.2, 0.25) is 0 Å². The number of nitrogens with one attached hydrogen (secondary N) is 1. The van der Waals surface area contributed by atoms with Crippen LogP contribution in [0.5, 0.6) is 0 Å². The van der Waals surface area contributed by atoms with E-state index in [1.54, 1.807) is 17.4 Å². The van der Waals surface area contributed by atoms with Crippen LogP contribution in [0, 0.1) is 18.3 Å². The van der Waals surface area contributed by atoms with Gasteiger partial charge in [-0.25, -0.2) is 9.97 Å². The molecule has 2 aromatic heterocycles. The third-order valence-electron chi connectivity index (χ3n) is 2.04. The van der Waals surface area contributed by atoms with Crippen LogP contribution in [0.15, 0.2) is 17.5 Å². The Balaban J connectivity index is 2.09. The van der Waals surface area contributed by atoms with Crippen LogP contribution in [0.1, 0.15) is 16.3 Å². The molecule has 0 aromatic carbocycles. The van der Waals surface area contributed by atoms with Crippen molar-refractivity contribution in [2.75, 3.05) is 5.32 Å². The predicted octanol–water partition coefficient (Wildman–Crippen LogP) is 2.98. The third-order valence-corrected chi connectivity index (χ3v) is 3.06. The van der Waals surface area contributed by atoms with E-state index in [2.05, 4.69) is 15.3 Å². The van der Waals surface area contributed by atoms with E-state index in [-0.39, 0.29) is 0 Å². The summed E-state index contributed by atoms with van der Waals surface area (Å²) in [5, 5.41) is 15.2. The maximum atomic E-state index is 8.80. The van der Waals surface area contributed by atoms with Gasteiger partial charge in [-0.3, -0.25) is 0 Å². The molecule has 0 amide bonds. The molecule has 2 heterocycles. The molecule has 0 aliphatic heterocycles. The molecular weight excluding hydrogens is 256 g/mol. The largest absolute Gasteiger partial charge is 0.364 e. The summed E-state index contributed by atoms with van der Waals surface area (Å²) in [5.74, 6) is 0.583. The summed E-state index contributed by atoms with van der Waals surface area (Å²) in [6.07, 6.45) is 0. The fourth-order valence-electron chi connectivity index (χ4n) is 1.32. The van der Waals surface area contributed by atoms with E-state index < -0.39 is 0 Å². The number of nitrogens with zero attached hydrogens (tertiary/aromatic N) is 3. The van der Waals surface area contributed by atoms with E-state index >= 15 is 0 Å². The predicted molar refractivity (Wildman–Crippen MR) is 68.1 cm³/mol. The summed E-state index contributed by atoms with van der Waals surface area (Å²) in [6, 6.07) is 5.22. The van der Waals surface area contributed by atoms with Crippen molar-refractivity contribution in [3.8, 4) is 6.07 Å². The fourth-order valence-corrected chi connectivity index (χ4v) is 2.14. The molecule has 0 bridgehead atoms. The van der Waals surface area contributed by atoms with E-state index in [0.717, 1.165) is 10.7 Å². The number of pyridine rings is 1. The summed E-state index contributed by atoms with van der Waals surface area (Å²) < 4.78 is 0. The highest BCUT2D eigenvalue weighted by Gasteiger charge is 2.02. The van der Waals surface area contributed by atoms with Gasteiger partial charge in [0.05, 0.1) is 28.9 Å². The quantitative estimate of drug-likeness (QED) is 0.866. The molecule has 0 atom stereocenters. The van der Waals surface area contributed by atoms with Gasteiger partial charge in [-0.2, -0.15) is 5.26 Å². The van der Waals surface area contributed by atoms with Crippen molar-refractivity contribution in [1.82, 2.24) is 9.97 Å². The molecule has 0 fully saturated rings. The van der Waals surface area contributed by atoms with Crippen molar-refractivity contribution in [3.63, 3.8) is 0 Å². The molecule has 0 saturated heterocycles. The van der Waals surface area contributed by atoms with Gasteiger partial charge >= 0.3 is 0 Å². The number of aryl methyl sites for hydroxylation is 1. The smallest absolute Gasteiger partial charge is 0.132 e. The van der Waals surface area contributed by atoms with Gasteiger partial charge in [-0.1, -0.05) is 11.6 Å². The second-order valence-corrected chi connectivity index (χ2v) is 4.84. The van der Waals surface area contributed by atoms with Crippen LogP contribution < -0.4 is 5.32 Å². The standard InChI is InChI=1S/C11H9ClN4S/c1-7-15-9(6-17-7)5-14-11-3-8(4-13)2-10(12)16-11/h2-3,6H,5H2,1H3,(H,14,16). The number of halogens is 1. The lowest BCUT2D eigenvalue weighted by Crippen LogP contribution is -2.02. The van der Waals surface area contributed by atoms with Crippen LogP contribution in [0.25, 0.3) is 0 Å². The van der Waals surface area contributed by atoms with Crippen LogP contribution in [0.3, 0.4) is 0 Å². The molecule has 2 aromatic rings. The Kier molecular flexibility index (Phi) is 3.57. The van der Waals surface area contributed by atoms with Crippen molar-refractivity contribution in [3.05, 3.63) is 38.9 Å². The average molecular weight is 265 g/mol. The van der Waals surface area contributed by atoms with Gasteiger partial charge in [-0.15, -0.1) is 11.3 Å². The van der Waals surface area contributed by atoms with Crippen molar-refractivity contribution in [1.29, 1.82) is 5.26 Å². The Bertz CT molecular complexity index is 573. The first-order valence-electron chi connectivity index (χ1n) is 4.90. The molecule has 0 aliphatic carbocycles. The van der Waals surface area contributed by atoms with Gasteiger partial charge in [0.25, 0.3) is 0 Å². The SMILES string of the molecule is Cc1nc(CNc2cc(C#N)cc(Cl)n2)cs1. The van der Waals surface area contributed by atoms with E-state index in [0.29, 0.717) is 23.1 Å². The molecule has 2 rings (SSSR count). The zero-order valence-electron chi connectivity index (χ0n) is 9.07. The van der Waals surface area contributed by atoms with Crippen LogP contribution in [-0.2, 0) is 6.54 Å². The molecule has 86 valence electrons. The second-order valence-electron chi connectivity index (χ2n) is 3.39. The number of hydrogen-bond donors (Lipinski definition) is 1. The van der Waals surface area contributed by atoms with E-state index in [1.807, 2.05) is 18.4 Å². The minimum atomic E-state index is 0.306. The Morgan fingerprint density at radius 1 is 1.47 bits per heavy atom. The minimum Gasteiger partial charge on any atom is -0.364 e. The first kappa shape index (κ1) is 11.8. The van der Waals surface area contributed by atoms with Crippen molar-refractivity contribution >= 4 is 28.8 Å².